The van der Waals surface area contributed by atoms with Crippen LogP contribution in [-0.2, 0) is 4.79 Å². The number of nitrogens with zero attached hydrogens (tertiary/aromatic N) is 1. The third-order valence-corrected chi connectivity index (χ3v) is 4.50. The molecule has 1 saturated heterocycles. The normalized spacial score (nSPS) is 20.7. The lowest BCUT2D eigenvalue weighted by atomic mass is 10.00. The third-order valence-electron chi connectivity index (χ3n) is 4.50. The Kier molecular flexibility index (Phi) is 3.55. The summed E-state index contributed by atoms with van der Waals surface area (Å²) in [5, 5.41) is 21.5. The highest BCUT2D eigenvalue weighted by Crippen LogP contribution is 2.36. The van der Waals surface area contributed by atoms with Gasteiger partial charge in [-0.15, -0.1) is 0 Å². The molecule has 2 aromatic carbocycles. The van der Waals surface area contributed by atoms with Gasteiger partial charge in [-0.3, -0.25) is 9.69 Å². The molecule has 0 spiro atoms. The van der Waals surface area contributed by atoms with Crippen molar-refractivity contribution < 1.29 is 15.0 Å². The van der Waals surface area contributed by atoms with Crippen LogP contribution in [0.2, 0.25) is 0 Å². The average molecular weight is 285 g/mol. The number of benzene rings is 2. The largest absolute Gasteiger partial charge is 0.507 e. The standard InChI is InChI=1S/C17H19NO3/c1-11(18-9-8-13(10-18)17(20)21)14-7-6-12-4-2-3-5-15(12)16(14)19/h2-7,11,13,19H,8-10H2,1H3,(H,20,21). The molecule has 0 aliphatic carbocycles. The summed E-state index contributed by atoms with van der Waals surface area (Å²) in [4.78, 5) is 13.2. The number of hydrogen-bond donors (Lipinski definition) is 2. The lowest BCUT2D eigenvalue weighted by Crippen LogP contribution is -2.26. The summed E-state index contributed by atoms with van der Waals surface area (Å²) in [7, 11) is 0. The molecule has 110 valence electrons. The molecule has 2 unspecified atom stereocenters. The van der Waals surface area contributed by atoms with Crippen LogP contribution in [0.25, 0.3) is 10.8 Å². The Balaban J connectivity index is 1.90. The number of phenolic OH excluding ortho intramolecular Hbond substituents is 1. The Labute approximate surface area is 123 Å². The van der Waals surface area contributed by atoms with Crippen LogP contribution in [0.5, 0.6) is 5.75 Å². The minimum Gasteiger partial charge on any atom is -0.507 e. The van der Waals surface area contributed by atoms with E-state index in [1.807, 2.05) is 43.3 Å². The number of carboxylic acid groups (broad SMARTS) is 1. The number of likely N-dealkylation sites (tertiary alicyclic amines) is 1. The van der Waals surface area contributed by atoms with E-state index in [2.05, 4.69) is 4.90 Å². The highest BCUT2D eigenvalue weighted by Gasteiger charge is 2.31. The van der Waals surface area contributed by atoms with Gasteiger partial charge in [-0.1, -0.05) is 36.4 Å². The van der Waals surface area contributed by atoms with Crippen molar-refractivity contribution in [3.8, 4) is 5.75 Å². The van der Waals surface area contributed by atoms with Crippen molar-refractivity contribution in [3.63, 3.8) is 0 Å². The molecular weight excluding hydrogens is 266 g/mol. The molecule has 1 aliphatic rings. The Bertz CT molecular complexity index is 683. The number of hydrogen-bond acceptors (Lipinski definition) is 3. The summed E-state index contributed by atoms with van der Waals surface area (Å²) >= 11 is 0. The molecule has 2 N–H and O–H groups in total. The second-order valence-electron chi connectivity index (χ2n) is 5.72. The minimum atomic E-state index is -0.729. The Morgan fingerprint density at radius 1 is 1.29 bits per heavy atom. The van der Waals surface area contributed by atoms with E-state index >= 15 is 0 Å². The molecule has 2 atom stereocenters. The second-order valence-corrected chi connectivity index (χ2v) is 5.72. The van der Waals surface area contributed by atoms with Gasteiger partial charge in [0.15, 0.2) is 0 Å². The van der Waals surface area contributed by atoms with Gasteiger partial charge in [0.25, 0.3) is 0 Å². The first kappa shape index (κ1) is 13.9. The van der Waals surface area contributed by atoms with E-state index in [0.717, 1.165) is 22.9 Å². The number of carbonyl (C=O) groups is 1. The number of aromatic hydroxyl groups is 1. The fraction of sp³-hybridized carbons (Fsp3) is 0.353. The van der Waals surface area contributed by atoms with Crippen molar-refractivity contribution in [2.75, 3.05) is 13.1 Å². The van der Waals surface area contributed by atoms with Crippen LogP contribution < -0.4 is 0 Å². The Morgan fingerprint density at radius 3 is 2.76 bits per heavy atom. The molecule has 4 nitrogen and oxygen atoms in total. The van der Waals surface area contributed by atoms with Crippen molar-refractivity contribution in [1.82, 2.24) is 4.90 Å². The zero-order chi connectivity index (χ0) is 15.0. The van der Waals surface area contributed by atoms with Crippen LogP contribution in [0.1, 0.15) is 24.9 Å². The van der Waals surface area contributed by atoms with Crippen LogP contribution in [0.15, 0.2) is 36.4 Å². The van der Waals surface area contributed by atoms with E-state index in [-0.39, 0.29) is 12.0 Å². The first-order valence-corrected chi connectivity index (χ1v) is 7.25. The topological polar surface area (TPSA) is 60.8 Å². The molecule has 21 heavy (non-hydrogen) atoms. The maximum absolute atomic E-state index is 11.1. The first-order valence-electron chi connectivity index (χ1n) is 7.25. The van der Waals surface area contributed by atoms with E-state index in [9.17, 15) is 9.90 Å². The van der Waals surface area contributed by atoms with Gasteiger partial charge in [0.05, 0.1) is 5.92 Å². The zero-order valence-electron chi connectivity index (χ0n) is 12.0. The van der Waals surface area contributed by atoms with Crippen molar-refractivity contribution in [1.29, 1.82) is 0 Å². The fourth-order valence-corrected chi connectivity index (χ4v) is 3.15. The number of phenols is 1. The fourth-order valence-electron chi connectivity index (χ4n) is 3.15. The van der Waals surface area contributed by atoms with E-state index in [4.69, 9.17) is 5.11 Å². The SMILES string of the molecule is CC(c1ccc2ccccc2c1O)N1CCC(C(=O)O)C1. The van der Waals surface area contributed by atoms with Gasteiger partial charge >= 0.3 is 5.97 Å². The summed E-state index contributed by atoms with van der Waals surface area (Å²) in [5.74, 6) is -0.721. The summed E-state index contributed by atoms with van der Waals surface area (Å²) < 4.78 is 0. The number of rotatable bonds is 3. The minimum absolute atomic E-state index is 0.0129. The van der Waals surface area contributed by atoms with Crippen molar-refractivity contribution in [2.45, 2.75) is 19.4 Å². The van der Waals surface area contributed by atoms with Gasteiger partial charge < -0.3 is 10.2 Å². The van der Waals surface area contributed by atoms with E-state index in [0.29, 0.717) is 18.7 Å². The molecule has 0 aromatic heterocycles. The molecular formula is C17H19NO3. The molecule has 0 radical (unpaired) electrons. The zero-order valence-corrected chi connectivity index (χ0v) is 12.0. The van der Waals surface area contributed by atoms with Gasteiger partial charge in [-0.2, -0.15) is 0 Å². The number of aliphatic carboxylic acids is 1. The predicted molar refractivity (Wildman–Crippen MR) is 81.3 cm³/mol. The predicted octanol–water partition coefficient (Wildman–Crippen LogP) is 3.01. The molecule has 0 amide bonds. The monoisotopic (exact) mass is 285 g/mol. The molecule has 1 heterocycles. The molecule has 1 aliphatic heterocycles. The summed E-state index contributed by atoms with van der Waals surface area (Å²) in [6, 6.07) is 11.7. The lowest BCUT2D eigenvalue weighted by Gasteiger charge is -2.25. The molecule has 4 heteroatoms. The summed E-state index contributed by atoms with van der Waals surface area (Å²) in [5.41, 5.74) is 0.861. The van der Waals surface area contributed by atoms with Gasteiger partial charge in [-0.05, 0) is 25.3 Å². The smallest absolute Gasteiger partial charge is 0.307 e. The molecule has 0 bridgehead atoms. The Hall–Kier alpha value is -2.07. The molecule has 2 aromatic rings. The maximum atomic E-state index is 11.1. The second kappa shape index (κ2) is 5.37. The molecule has 1 fully saturated rings. The lowest BCUT2D eigenvalue weighted by molar-refractivity contribution is -0.141. The van der Waals surface area contributed by atoms with Gasteiger partial charge in [0.2, 0.25) is 0 Å². The Morgan fingerprint density at radius 2 is 2.05 bits per heavy atom. The molecule has 0 saturated carbocycles. The van der Waals surface area contributed by atoms with E-state index < -0.39 is 5.97 Å². The van der Waals surface area contributed by atoms with E-state index in [1.54, 1.807) is 0 Å². The first-order chi connectivity index (χ1) is 10.1. The number of carboxylic acids is 1. The summed E-state index contributed by atoms with van der Waals surface area (Å²) in [6.45, 7) is 3.32. The number of fused-ring (bicyclic) bond motifs is 1. The van der Waals surface area contributed by atoms with Crippen LogP contribution in [0.3, 0.4) is 0 Å². The van der Waals surface area contributed by atoms with Gasteiger partial charge in [0.1, 0.15) is 5.75 Å². The van der Waals surface area contributed by atoms with Crippen LogP contribution in [0, 0.1) is 5.92 Å². The van der Waals surface area contributed by atoms with Crippen molar-refractivity contribution in [3.05, 3.63) is 42.0 Å². The van der Waals surface area contributed by atoms with E-state index in [1.165, 1.54) is 0 Å². The van der Waals surface area contributed by atoms with Crippen LogP contribution in [-0.4, -0.2) is 34.2 Å². The quantitative estimate of drug-likeness (QED) is 0.910. The highest BCUT2D eigenvalue weighted by atomic mass is 16.4. The maximum Gasteiger partial charge on any atom is 0.307 e. The van der Waals surface area contributed by atoms with Gasteiger partial charge in [0, 0.05) is 23.5 Å². The molecule has 3 rings (SSSR count). The average Bonchev–Trinajstić information content (AvgIpc) is 2.97. The summed E-state index contributed by atoms with van der Waals surface area (Å²) in [6.07, 6.45) is 0.675. The highest BCUT2D eigenvalue weighted by molar-refractivity contribution is 5.89. The van der Waals surface area contributed by atoms with Crippen LogP contribution >= 0.6 is 0 Å². The van der Waals surface area contributed by atoms with Crippen molar-refractivity contribution in [2.24, 2.45) is 5.92 Å². The third kappa shape index (κ3) is 2.47. The van der Waals surface area contributed by atoms with Crippen LogP contribution in [0.4, 0.5) is 0 Å². The van der Waals surface area contributed by atoms with Gasteiger partial charge in [-0.25, -0.2) is 0 Å². The van der Waals surface area contributed by atoms with Crippen molar-refractivity contribution >= 4 is 16.7 Å².